The summed E-state index contributed by atoms with van der Waals surface area (Å²) in [6.07, 6.45) is 4.52. The maximum atomic E-state index is 4.23. The summed E-state index contributed by atoms with van der Waals surface area (Å²) in [5, 5.41) is 7.75. The molecule has 72 valence electrons. The molecule has 0 spiro atoms. The van der Waals surface area contributed by atoms with Gasteiger partial charge in [-0.3, -0.25) is 4.68 Å². The fourth-order valence-corrected chi connectivity index (χ4v) is 1.78. The van der Waals surface area contributed by atoms with Crippen LogP contribution in [0.3, 0.4) is 0 Å². The van der Waals surface area contributed by atoms with E-state index in [1.807, 2.05) is 10.9 Å². The minimum absolute atomic E-state index is 0.669. The van der Waals surface area contributed by atoms with Crippen molar-refractivity contribution in [2.24, 2.45) is 5.92 Å². The van der Waals surface area contributed by atoms with Gasteiger partial charge in [-0.1, -0.05) is 6.92 Å². The number of hydrogen-bond acceptors (Lipinski definition) is 2. The molecule has 0 amide bonds. The second-order valence-electron chi connectivity index (χ2n) is 3.84. The quantitative estimate of drug-likeness (QED) is 0.770. The van der Waals surface area contributed by atoms with E-state index in [0.29, 0.717) is 6.04 Å². The average molecular weight is 179 g/mol. The summed E-state index contributed by atoms with van der Waals surface area (Å²) in [5.74, 6) is 1.99. The fourth-order valence-electron chi connectivity index (χ4n) is 1.78. The molecule has 1 N–H and O–H groups in total. The normalized spacial score (nSPS) is 26.9. The van der Waals surface area contributed by atoms with Crippen molar-refractivity contribution in [3.8, 4) is 0 Å². The van der Waals surface area contributed by atoms with Crippen LogP contribution in [0.25, 0.3) is 0 Å². The molecule has 0 radical (unpaired) electrons. The third-order valence-electron chi connectivity index (χ3n) is 2.97. The van der Waals surface area contributed by atoms with Crippen molar-refractivity contribution in [2.75, 3.05) is 5.32 Å². The molecule has 3 nitrogen and oxygen atoms in total. The van der Waals surface area contributed by atoms with Gasteiger partial charge in [-0.25, -0.2) is 0 Å². The van der Waals surface area contributed by atoms with Gasteiger partial charge in [-0.05, 0) is 25.7 Å². The van der Waals surface area contributed by atoms with E-state index in [9.17, 15) is 0 Å². The lowest BCUT2D eigenvalue weighted by Gasteiger charge is -2.35. The lowest BCUT2D eigenvalue weighted by atomic mass is 9.81. The molecule has 1 aromatic rings. The van der Waals surface area contributed by atoms with Crippen molar-refractivity contribution in [2.45, 2.75) is 39.3 Å². The van der Waals surface area contributed by atoms with E-state index in [4.69, 9.17) is 0 Å². The second-order valence-corrected chi connectivity index (χ2v) is 3.84. The van der Waals surface area contributed by atoms with Gasteiger partial charge >= 0.3 is 0 Å². The van der Waals surface area contributed by atoms with Gasteiger partial charge in [0.25, 0.3) is 0 Å². The Morgan fingerprint density at radius 3 is 3.00 bits per heavy atom. The predicted molar refractivity (Wildman–Crippen MR) is 53.7 cm³/mol. The molecule has 2 unspecified atom stereocenters. The van der Waals surface area contributed by atoms with Gasteiger partial charge in [0.05, 0.1) is 6.20 Å². The molecule has 0 aromatic carbocycles. The first kappa shape index (κ1) is 8.60. The SMILES string of the molecule is CCn1nccc1NC1CCC1C. The molecule has 1 heterocycles. The van der Waals surface area contributed by atoms with Crippen molar-refractivity contribution in [3.05, 3.63) is 12.3 Å². The molecule has 1 aliphatic carbocycles. The summed E-state index contributed by atoms with van der Waals surface area (Å²) >= 11 is 0. The molecule has 0 bridgehead atoms. The van der Waals surface area contributed by atoms with Gasteiger partial charge in [0.2, 0.25) is 0 Å². The Bertz CT molecular complexity index is 279. The number of anilines is 1. The van der Waals surface area contributed by atoms with E-state index in [-0.39, 0.29) is 0 Å². The Hall–Kier alpha value is -0.990. The smallest absolute Gasteiger partial charge is 0.124 e. The Labute approximate surface area is 79.1 Å². The van der Waals surface area contributed by atoms with Crippen LogP contribution in [0.5, 0.6) is 0 Å². The first-order chi connectivity index (χ1) is 6.31. The topological polar surface area (TPSA) is 29.9 Å². The number of rotatable bonds is 3. The number of aryl methyl sites for hydroxylation is 1. The Kier molecular flexibility index (Phi) is 2.25. The maximum absolute atomic E-state index is 4.23. The van der Waals surface area contributed by atoms with Crippen molar-refractivity contribution >= 4 is 5.82 Å². The molecule has 0 aliphatic heterocycles. The summed E-state index contributed by atoms with van der Waals surface area (Å²) in [4.78, 5) is 0. The number of nitrogens with one attached hydrogen (secondary N) is 1. The van der Waals surface area contributed by atoms with Gasteiger partial charge < -0.3 is 5.32 Å². The monoisotopic (exact) mass is 179 g/mol. The molecule has 2 rings (SSSR count). The molecular weight excluding hydrogens is 162 g/mol. The lowest BCUT2D eigenvalue weighted by molar-refractivity contribution is 0.302. The molecule has 3 heteroatoms. The van der Waals surface area contributed by atoms with Crippen LogP contribution < -0.4 is 5.32 Å². The van der Waals surface area contributed by atoms with Crippen molar-refractivity contribution in [3.63, 3.8) is 0 Å². The molecule has 1 saturated carbocycles. The second kappa shape index (κ2) is 3.40. The van der Waals surface area contributed by atoms with Gasteiger partial charge in [0.1, 0.15) is 5.82 Å². The summed E-state index contributed by atoms with van der Waals surface area (Å²) in [7, 11) is 0. The standard InChI is InChI=1S/C10H17N3/c1-3-13-10(6-7-11-13)12-9-5-4-8(9)2/h6-9,12H,3-5H2,1-2H3. The maximum Gasteiger partial charge on any atom is 0.124 e. The Morgan fingerprint density at radius 2 is 2.46 bits per heavy atom. The zero-order valence-electron chi connectivity index (χ0n) is 8.33. The summed E-state index contributed by atoms with van der Waals surface area (Å²) in [5.41, 5.74) is 0. The first-order valence-corrected chi connectivity index (χ1v) is 5.09. The zero-order chi connectivity index (χ0) is 9.26. The number of nitrogens with zero attached hydrogens (tertiary/aromatic N) is 2. The Morgan fingerprint density at radius 1 is 1.62 bits per heavy atom. The van der Waals surface area contributed by atoms with E-state index in [1.165, 1.54) is 18.7 Å². The van der Waals surface area contributed by atoms with Gasteiger partial charge in [0, 0.05) is 18.7 Å². The van der Waals surface area contributed by atoms with E-state index in [0.717, 1.165) is 12.5 Å². The minimum Gasteiger partial charge on any atom is -0.367 e. The van der Waals surface area contributed by atoms with Crippen LogP contribution in [0.1, 0.15) is 26.7 Å². The molecule has 1 aliphatic rings. The fraction of sp³-hybridized carbons (Fsp3) is 0.700. The molecular formula is C10H17N3. The minimum atomic E-state index is 0.669. The highest BCUT2D eigenvalue weighted by Crippen LogP contribution is 2.29. The Balaban J connectivity index is 2.00. The molecule has 0 saturated heterocycles. The average Bonchev–Trinajstić information content (AvgIpc) is 2.58. The van der Waals surface area contributed by atoms with E-state index < -0.39 is 0 Å². The summed E-state index contributed by atoms with van der Waals surface area (Å²) in [6.45, 7) is 5.35. The molecule has 13 heavy (non-hydrogen) atoms. The van der Waals surface area contributed by atoms with Gasteiger partial charge in [-0.2, -0.15) is 5.10 Å². The van der Waals surface area contributed by atoms with E-state index >= 15 is 0 Å². The largest absolute Gasteiger partial charge is 0.367 e. The predicted octanol–water partition coefficient (Wildman–Crippen LogP) is 2.11. The number of aromatic nitrogens is 2. The van der Waals surface area contributed by atoms with E-state index in [2.05, 4.69) is 30.3 Å². The van der Waals surface area contributed by atoms with Crippen LogP contribution in [0.15, 0.2) is 12.3 Å². The third-order valence-corrected chi connectivity index (χ3v) is 2.97. The highest BCUT2D eigenvalue weighted by Gasteiger charge is 2.26. The summed E-state index contributed by atoms with van der Waals surface area (Å²) < 4.78 is 2.00. The van der Waals surface area contributed by atoms with Crippen LogP contribution >= 0.6 is 0 Å². The van der Waals surface area contributed by atoms with Crippen molar-refractivity contribution < 1.29 is 0 Å². The van der Waals surface area contributed by atoms with Crippen LogP contribution in [0.2, 0.25) is 0 Å². The zero-order valence-corrected chi connectivity index (χ0v) is 8.33. The van der Waals surface area contributed by atoms with Crippen molar-refractivity contribution in [1.82, 2.24) is 9.78 Å². The van der Waals surface area contributed by atoms with Gasteiger partial charge in [-0.15, -0.1) is 0 Å². The summed E-state index contributed by atoms with van der Waals surface area (Å²) in [6, 6.07) is 2.72. The van der Waals surface area contributed by atoms with Crippen LogP contribution in [-0.2, 0) is 6.54 Å². The van der Waals surface area contributed by atoms with E-state index in [1.54, 1.807) is 0 Å². The van der Waals surface area contributed by atoms with Crippen LogP contribution in [-0.4, -0.2) is 15.8 Å². The molecule has 2 atom stereocenters. The first-order valence-electron chi connectivity index (χ1n) is 5.09. The molecule has 1 fully saturated rings. The highest BCUT2D eigenvalue weighted by atomic mass is 15.3. The van der Waals surface area contributed by atoms with Crippen LogP contribution in [0, 0.1) is 5.92 Å². The molecule has 1 aromatic heterocycles. The van der Waals surface area contributed by atoms with Crippen molar-refractivity contribution in [1.29, 1.82) is 0 Å². The lowest BCUT2D eigenvalue weighted by Crippen LogP contribution is -2.36. The van der Waals surface area contributed by atoms with Crippen LogP contribution in [0.4, 0.5) is 5.82 Å². The van der Waals surface area contributed by atoms with Gasteiger partial charge in [0.15, 0.2) is 0 Å². The highest BCUT2D eigenvalue weighted by molar-refractivity contribution is 5.36. The third kappa shape index (κ3) is 1.55. The number of hydrogen-bond donors (Lipinski definition) is 1.